The highest BCUT2D eigenvalue weighted by Crippen LogP contribution is 2.22. The van der Waals surface area contributed by atoms with E-state index >= 15 is 0 Å². The van der Waals surface area contributed by atoms with Crippen LogP contribution >= 0.6 is 0 Å². The van der Waals surface area contributed by atoms with Crippen molar-refractivity contribution in [2.24, 2.45) is 0 Å². The molecule has 0 heterocycles. The summed E-state index contributed by atoms with van der Waals surface area (Å²) in [4.78, 5) is 0. The highest BCUT2D eigenvalue weighted by atomic mass is 16.5. The van der Waals surface area contributed by atoms with E-state index in [4.69, 9.17) is 4.74 Å². The van der Waals surface area contributed by atoms with Crippen molar-refractivity contribution in [3.63, 3.8) is 0 Å². The first-order chi connectivity index (χ1) is 7.42. The second-order valence-corrected chi connectivity index (χ2v) is 3.45. The number of anilines is 1. The van der Waals surface area contributed by atoms with E-state index in [0.717, 1.165) is 13.2 Å². The first-order valence-corrected chi connectivity index (χ1v) is 5.12. The molecule has 2 aromatic carbocycles. The van der Waals surface area contributed by atoms with Gasteiger partial charge in [0.25, 0.3) is 0 Å². The van der Waals surface area contributed by atoms with Crippen LogP contribution in [0.15, 0.2) is 42.5 Å². The Morgan fingerprint density at radius 3 is 2.73 bits per heavy atom. The molecule has 2 nitrogen and oxygen atoms in total. The second kappa shape index (κ2) is 4.80. The van der Waals surface area contributed by atoms with Crippen LogP contribution in [0.25, 0.3) is 10.8 Å². The Morgan fingerprint density at radius 2 is 1.87 bits per heavy atom. The Balaban J connectivity index is 2.26. The molecule has 0 aromatic heterocycles. The lowest BCUT2D eigenvalue weighted by Crippen LogP contribution is -2.07. The molecule has 0 radical (unpaired) electrons. The molecule has 0 amide bonds. The number of rotatable bonds is 4. The number of fused-ring (bicyclic) bond motifs is 1. The molecule has 0 aliphatic rings. The van der Waals surface area contributed by atoms with Crippen LogP contribution in [0.4, 0.5) is 5.69 Å². The summed E-state index contributed by atoms with van der Waals surface area (Å²) in [7, 11) is 1.71. The molecule has 0 aliphatic carbocycles. The van der Waals surface area contributed by atoms with Gasteiger partial charge in [0.2, 0.25) is 0 Å². The average Bonchev–Trinajstić information content (AvgIpc) is 2.30. The highest BCUT2D eigenvalue weighted by Gasteiger charge is 1.97. The van der Waals surface area contributed by atoms with Gasteiger partial charge >= 0.3 is 0 Å². The molecule has 78 valence electrons. The Kier molecular flexibility index (Phi) is 3.20. The lowest BCUT2D eigenvalue weighted by atomic mass is 10.1. The van der Waals surface area contributed by atoms with Gasteiger partial charge in [-0.15, -0.1) is 0 Å². The number of benzene rings is 2. The molecule has 1 N–H and O–H groups in total. The highest BCUT2D eigenvalue weighted by molar-refractivity contribution is 5.93. The van der Waals surface area contributed by atoms with Crippen molar-refractivity contribution in [3.8, 4) is 0 Å². The minimum absolute atomic E-state index is 0.725. The zero-order chi connectivity index (χ0) is 10.5. The molecule has 2 rings (SSSR count). The van der Waals surface area contributed by atoms with Crippen molar-refractivity contribution in [1.29, 1.82) is 0 Å². The summed E-state index contributed by atoms with van der Waals surface area (Å²) in [5.74, 6) is 0. The standard InChI is InChI=1S/C13H15NO/c1-15-10-9-14-13-8-4-6-11-5-2-3-7-12(11)13/h2-8,14H,9-10H2,1H3. The maximum Gasteiger partial charge on any atom is 0.0635 e. The lowest BCUT2D eigenvalue weighted by Gasteiger charge is -2.08. The molecule has 15 heavy (non-hydrogen) atoms. The van der Waals surface area contributed by atoms with Crippen molar-refractivity contribution in [3.05, 3.63) is 42.5 Å². The Bertz CT molecular complexity index is 434. The lowest BCUT2D eigenvalue weighted by molar-refractivity contribution is 0.211. The molecule has 0 fully saturated rings. The first-order valence-electron chi connectivity index (χ1n) is 5.12. The van der Waals surface area contributed by atoms with Gasteiger partial charge in [-0.1, -0.05) is 36.4 Å². The van der Waals surface area contributed by atoms with Crippen molar-refractivity contribution in [2.75, 3.05) is 25.6 Å². The number of nitrogens with one attached hydrogen (secondary N) is 1. The quantitative estimate of drug-likeness (QED) is 0.768. The third-order valence-corrected chi connectivity index (χ3v) is 2.41. The maximum atomic E-state index is 5.01. The molecule has 0 saturated heterocycles. The molecule has 0 atom stereocenters. The first kappa shape index (κ1) is 9.99. The summed E-state index contributed by atoms with van der Waals surface area (Å²) in [6, 6.07) is 14.7. The molecule has 0 unspecified atom stereocenters. The van der Waals surface area contributed by atoms with Crippen molar-refractivity contribution in [2.45, 2.75) is 0 Å². The fourth-order valence-corrected chi connectivity index (χ4v) is 1.67. The monoisotopic (exact) mass is 201 g/mol. The Labute approximate surface area is 89.9 Å². The van der Waals surface area contributed by atoms with Gasteiger partial charge in [-0.05, 0) is 11.5 Å². The van der Waals surface area contributed by atoms with Crippen LogP contribution in [-0.2, 0) is 4.74 Å². The van der Waals surface area contributed by atoms with E-state index in [1.54, 1.807) is 7.11 Å². The van der Waals surface area contributed by atoms with Crippen LogP contribution in [0.5, 0.6) is 0 Å². The van der Waals surface area contributed by atoms with Gasteiger partial charge in [-0.25, -0.2) is 0 Å². The molecule has 0 spiro atoms. The van der Waals surface area contributed by atoms with E-state index in [-0.39, 0.29) is 0 Å². The van der Waals surface area contributed by atoms with Gasteiger partial charge in [-0.2, -0.15) is 0 Å². The van der Waals surface area contributed by atoms with Crippen molar-refractivity contribution in [1.82, 2.24) is 0 Å². The molecule has 0 aliphatic heterocycles. The fraction of sp³-hybridized carbons (Fsp3) is 0.231. The molecular weight excluding hydrogens is 186 g/mol. The van der Waals surface area contributed by atoms with E-state index in [0.29, 0.717) is 0 Å². The van der Waals surface area contributed by atoms with Crippen LogP contribution in [0, 0.1) is 0 Å². The van der Waals surface area contributed by atoms with E-state index in [2.05, 4.69) is 47.8 Å². The normalized spacial score (nSPS) is 10.5. The Hall–Kier alpha value is -1.54. The number of ether oxygens (including phenoxy) is 1. The minimum atomic E-state index is 0.725. The average molecular weight is 201 g/mol. The van der Waals surface area contributed by atoms with Crippen LogP contribution in [0.1, 0.15) is 0 Å². The van der Waals surface area contributed by atoms with E-state index in [1.165, 1.54) is 16.5 Å². The second-order valence-electron chi connectivity index (χ2n) is 3.45. The van der Waals surface area contributed by atoms with Crippen LogP contribution in [0.3, 0.4) is 0 Å². The van der Waals surface area contributed by atoms with Crippen LogP contribution < -0.4 is 5.32 Å². The summed E-state index contributed by atoms with van der Waals surface area (Å²) in [6.07, 6.45) is 0. The molecule has 2 aromatic rings. The van der Waals surface area contributed by atoms with Crippen molar-refractivity contribution < 1.29 is 4.74 Å². The van der Waals surface area contributed by atoms with Gasteiger partial charge in [0, 0.05) is 24.7 Å². The van der Waals surface area contributed by atoms with E-state index in [9.17, 15) is 0 Å². The topological polar surface area (TPSA) is 21.3 Å². The zero-order valence-corrected chi connectivity index (χ0v) is 8.86. The minimum Gasteiger partial charge on any atom is -0.383 e. The number of hydrogen-bond acceptors (Lipinski definition) is 2. The summed E-state index contributed by atoms with van der Waals surface area (Å²) < 4.78 is 5.01. The van der Waals surface area contributed by atoms with Gasteiger partial charge < -0.3 is 10.1 Å². The SMILES string of the molecule is COCCNc1cccc2ccccc12. The number of hydrogen-bond donors (Lipinski definition) is 1. The zero-order valence-electron chi connectivity index (χ0n) is 8.86. The molecule has 2 heteroatoms. The maximum absolute atomic E-state index is 5.01. The van der Waals surface area contributed by atoms with E-state index < -0.39 is 0 Å². The Morgan fingerprint density at radius 1 is 1.07 bits per heavy atom. The summed E-state index contributed by atoms with van der Waals surface area (Å²) in [5, 5.41) is 5.89. The largest absolute Gasteiger partial charge is 0.383 e. The molecule has 0 saturated carbocycles. The fourth-order valence-electron chi connectivity index (χ4n) is 1.67. The summed E-state index contributed by atoms with van der Waals surface area (Å²) in [6.45, 7) is 1.56. The van der Waals surface area contributed by atoms with Gasteiger partial charge in [0.15, 0.2) is 0 Å². The van der Waals surface area contributed by atoms with Gasteiger partial charge in [0.1, 0.15) is 0 Å². The number of methoxy groups -OCH3 is 1. The molecule has 0 bridgehead atoms. The summed E-state index contributed by atoms with van der Waals surface area (Å²) in [5.41, 5.74) is 1.17. The molecular formula is C13H15NO. The third kappa shape index (κ3) is 2.28. The van der Waals surface area contributed by atoms with Gasteiger partial charge in [0.05, 0.1) is 6.61 Å². The van der Waals surface area contributed by atoms with Crippen molar-refractivity contribution >= 4 is 16.5 Å². The predicted molar refractivity (Wildman–Crippen MR) is 64.3 cm³/mol. The van der Waals surface area contributed by atoms with E-state index in [1.807, 2.05) is 0 Å². The van der Waals surface area contributed by atoms with Gasteiger partial charge in [-0.3, -0.25) is 0 Å². The third-order valence-electron chi connectivity index (χ3n) is 2.41. The van der Waals surface area contributed by atoms with Crippen LogP contribution in [0.2, 0.25) is 0 Å². The smallest absolute Gasteiger partial charge is 0.0635 e. The summed E-state index contributed by atoms with van der Waals surface area (Å²) >= 11 is 0. The predicted octanol–water partition coefficient (Wildman–Crippen LogP) is 2.90. The van der Waals surface area contributed by atoms with Crippen LogP contribution in [-0.4, -0.2) is 20.3 Å².